The molecule has 0 saturated heterocycles. The van der Waals surface area contributed by atoms with Gasteiger partial charge in [-0.25, -0.2) is 8.42 Å². The van der Waals surface area contributed by atoms with Crippen LogP contribution in [0.4, 0.5) is 0 Å². The fourth-order valence-electron chi connectivity index (χ4n) is 1.34. The van der Waals surface area contributed by atoms with E-state index in [4.69, 9.17) is 5.73 Å². The molecular formula is C7H14N2O2S2. The van der Waals surface area contributed by atoms with Crippen LogP contribution in [0.15, 0.2) is 4.99 Å². The maximum Gasteiger partial charge on any atom is 0.154 e. The van der Waals surface area contributed by atoms with E-state index in [9.17, 15) is 8.42 Å². The first-order valence-corrected chi connectivity index (χ1v) is 6.98. The van der Waals surface area contributed by atoms with Gasteiger partial charge in [-0.05, 0) is 13.3 Å². The fourth-order valence-corrected chi connectivity index (χ4v) is 4.12. The van der Waals surface area contributed by atoms with Crippen LogP contribution in [0.1, 0.15) is 13.3 Å². The molecular weight excluding hydrogens is 208 g/mol. The number of rotatable bonds is 2. The molecule has 1 aliphatic rings. The quantitative estimate of drug-likeness (QED) is 0.726. The van der Waals surface area contributed by atoms with Crippen molar-refractivity contribution < 1.29 is 8.42 Å². The summed E-state index contributed by atoms with van der Waals surface area (Å²) in [6.45, 7) is 1.95. The lowest BCUT2D eigenvalue weighted by atomic mass is 10.2. The highest BCUT2D eigenvalue weighted by atomic mass is 32.2. The summed E-state index contributed by atoms with van der Waals surface area (Å²) in [5.41, 5.74) is 5.55. The Balaban J connectivity index is 2.61. The van der Waals surface area contributed by atoms with Crippen molar-refractivity contribution >= 4 is 26.8 Å². The molecule has 1 rings (SSSR count). The van der Waals surface area contributed by atoms with Gasteiger partial charge in [-0.2, -0.15) is 0 Å². The maximum absolute atomic E-state index is 11.0. The highest BCUT2D eigenvalue weighted by Gasteiger charge is 2.23. The van der Waals surface area contributed by atoms with Crippen molar-refractivity contribution in [1.82, 2.24) is 0 Å². The van der Waals surface area contributed by atoms with Gasteiger partial charge in [0, 0.05) is 11.5 Å². The highest BCUT2D eigenvalue weighted by Crippen LogP contribution is 2.24. The van der Waals surface area contributed by atoms with E-state index >= 15 is 0 Å². The summed E-state index contributed by atoms with van der Waals surface area (Å²) in [6, 6.07) is 0.146. The molecule has 76 valence electrons. The summed E-state index contributed by atoms with van der Waals surface area (Å²) in [4.78, 5) is 4.13. The van der Waals surface area contributed by atoms with E-state index in [0.29, 0.717) is 5.17 Å². The largest absolute Gasteiger partial charge is 0.379 e. The van der Waals surface area contributed by atoms with Gasteiger partial charge >= 0.3 is 0 Å². The van der Waals surface area contributed by atoms with E-state index in [0.717, 1.165) is 6.42 Å². The standard InChI is InChI=1S/C7H14N2O2S2/c1-5-3-6(4-13(2,10)11)12-7(8)9-5/h5-6H,3-4H2,1-2H3,(H2,8,9)/t5-,6-/m0/s1. The Bertz CT molecular complexity index is 310. The van der Waals surface area contributed by atoms with Crippen molar-refractivity contribution in [3.05, 3.63) is 0 Å². The van der Waals surface area contributed by atoms with Crippen LogP contribution in [-0.4, -0.2) is 36.9 Å². The SMILES string of the molecule is C[C@H]1C[C@@H](CS(C)(=O)=O)SC(N)=N1. The van der Waals surface area contributed by atoms with Crippen LogP contribution in [0.5, 0.6) is 0 Å². The maximum atomic E-state index is 11.0. The average molecular weight is 222 g/mol. The average Bonchev–Trinajstić information content (AvgIpc) is 1.78. The van der Waals surface area contributed by atoms with Crippen LogP contribution < -0.4 is 5.73 Å². The predicted octanol–water partition coefficient (Wildman–Crippen LogP) is 0.240. The van der Waals surface area contributed by atoms with Crippen molar-refractivity contribution in [2.24, 2.45) is 10.7 Å². The minimum Gasteiger partial charge on any atom is -0.379 e. The molecule has 0 amide bonds. The van der Waals surface area contributed by atoms with Crippen molar-refractivity contribution in [1.29, 1.82) is 0 Å². The molecule has 0 radical (unpaired) electrons. The van der Waals surface area contributed by atoms with Gasteiger partial charge in [-0.15, -0.1) is 0 Å². The number of nitrogens with zero attached hydrogens (tertiary/aromatic N) is 1. The van der Waals surface area contributed by atoms with E-state index in [1.165, 1.54) is 18.0 Å². The molecule has 0 fully saturated rings. The molecule has 2 atom stereocenters. The summed E-state index contributed by atoms with van der Waals surface area (Å²) in [5.74, 6) is 0.193. The van der Waals surface area contributed by atoms with E-state index in [-0.39, 0.29) is 17.0 Å². The first-order valence-electron chi connectivity index (χ1n) is 4.04. The molecule has 0 aromatic rings. The molecule has 0 aromatic heterocycles. The molecule has 0 bridgehead atoms. The minimum atomic E-state index is -2.90. The molecule has 2 N–H and O–H groups in total. The zero-order valence-corrected chi connectivity index (χ0v) is 9.36. The smallest absolute Gasteiger partial charge is 0.154 e. The second-order valence-electron chi connectivity index (χ2n) is 3.38. The Morgan fingerprint density at radius 2 is 2.31 bits per heavy atom. The second kappa shape index (κ2) is 3.88. The molecule has 6 heteroatoms. The normalized spacial score (nSPS) is 29.8. The lowest BCUT2D eigenvalue weighted by Gasteiger charge is -2.22. The molecule has 0 spiro atoms. The van der Waals surface area contributed by atoms with Crippen molar-refractivity contribution in [3.63, 3.8) is 0 Å². The first-order chi connectivity index (χ1) is 5.87. The number of hydrogen-bond acceptors (Lipinski definition) is 5. The van der Waals surface area contributed by atoms with Gasteiger partial charge in [0.2, 0.25) is 0 Å². The van der Waals surface area contributed by atoms with Crippen LogP contribution >= 0.6 is 11.8 Å². The monoisotopic (exact) mass is 222 g/mol. The Labute approximate surface area is 82.9 Å². The van der Waals surface area contributed by atoms with Crippen molar-refractivity contribution in [2.45, 2.75) is 24.6 Å². The van der Waals surface area contributed by atoms with E-state index in [1.807, 2.05) is 6.92 Å². The summed E-state index contributed by atoms with van der Waals surface area (Å²) >= 11 is 1.37. The molecule has 0 aromatic carbocycles. The van der Waals surface area contributed by atoms with Crippen molar-refractivity contribution in [3.8, 4) is 0 Å². The molecule has 0 saturated carbocycles. The van der Waals surface area contributed by atoms with Gasteiger partial charge in [0.1, 0.15) is 9.84 Å². The van der Waals surface area contributed by atoms with Crippen LogP contribution in [-0.2, 0) is 9.84 Å². The number of thioether (sulfide) groups is 1. The zero-order valence-electron chi connectivity index (χ0n) is 7.73. The number of sulfone groups is 1. The fraction of sp³-hybridized carbons (Fsp3) is 0.857. The van der Waals surface area contributed by atoms with Gasteiger partial charge in [0.15, 0.2) is 5.17 Å². The predicted molar refractivity (Wildman–Crippen MR) is 56.8 cm³/mol. The molecule has 1 heterocycles. The van der Waals surface area contributed by atoms with Crippen LogP contribution in [0, 0.1) is 0 Å². The molecule has 4 nitrogen and oxygen atoms in total. The van der Waals surface area contributed by atoms with E-state index in [1.54, 1.807) is 0 Å². The molecule has 0 aliphatic carbocycles. The van der Waals surface area contributed by atoms with Gasteiger partial charge < -0.3 is 5.73 Å². The molecule has 13 heavy (non-hydrogen) atoms. The van der Waals surface area contributed by atoms with Crippen LogP contribution in [0.25, 0.3) is 0 Å². The van der Waals surface area contributed by atoms with Gasteiger partial charge in [0.25, 0.3) is 0 Å². The highest BCUT2D eigenvalue weighted by molar-refractivity contribution is 8.14. The molecule has 1 aliphatic heterocycles. The minimum absolute atomic E-state index is 0.0718. The van der Waals surface area contributed by atoms with Gasteiger partial charge in [0.05, 0.1) is 11.8 Å². The Hall–Kier alpha value is -0.230. The van der Waals surface area contributed by atoms with E-state index in [2.05, 4.69) is 4.99 Å². The number of amidine groups is 1. The van der Waals surface area contributed by atoms with Gasteiger partial charge in [-0.3, -0.25) is 4.99 Å². The third-order valence-electron chi connectivity index (χ3n) is 1.73. The van der Waals surface area contributed by atoms with Gasteiger partial charge in [-0.1, -0.05) is 11.8 Å². The zero-order chi connectivity index (χ0) is 10.1. The summed E-state index contributed by atoms with van der Waals surface area (Å²) in [6.07, 6.45) is 2.04. The Morgan fingerprint density at radius 1 is 1.69 bits per heavy atom. The topological polar surface area (TPSA) is 72.5 Å². The van der Waals surface area contributed by atoms with Crippen molar-refractivity contribution in [2.75, 3.05) is 12.0 Å². The third-order valence-corrected chi connectivity index (χ3v) is 3.99. The number of nitrogens with two attached hydrogens (primary N) is 1. The first kappa shape index (κ1) is 10.8. The van der Waals surface area contributed by atoms with E-state index < -0.39 is 9.84 Å². The molecule has 0 unspecified atom stereocenters. The summed E-state index contributed by atoms with van der Waals surface area (Å²) in [7, 11) is -2.90. The summed E-state index contributed by atoms with van der Waals surface area (Å²) < 4.78 is 22.0. The lowest BCUT2D eigenvalue weighted by molar-refractivity contribution is 0.592. The summed E-state index contributed by atoms with van der Waals surface area (Å²) in [5, 5.41) is 0.579. The second-order valence-corrected chi connectivity index (χ2v) is 6.89. The third kappa shape index (κ3) is 3.99. The number of hydrogen-bond donors (Lipinski definition) is 1. The number of aliphatic imine (C=N–C) groups is 1. The van der Waals surface area contributed by atoms with Crippen LogP contribution in [0.2, 0.25) is 0 Å². The Kier molecular flexibility index (Phi) is 3.23. The van der Waals surface area contributed by atoms with Crippen LogP contribution in [0.3, 0.4) is 0 Å². The lowest BCUT2D eigenvalue weighted by Crippen LogP contribution is -2.29. The Morgan fingerprint density at radius 3 is 2.77 bits per heavy atom.